The van der Waals surface area contributed by atoms with E-state index in [4.69, 9.17) is 16.3 Å². The van der Waals surface area contributed by atoms with Gasteiger partial charge in [0.05, 0.1) is 29.8 Å². The second kappa shape index (κ2) is 8.24. The summed E-state index contributed by atoms with van der Waals surface area (Å²) in [6.45, 7) is 2.07. The molecule has 2 fully saturated rings. The number of nitrogens with zero attached hydrogens (tertiary/aromatic N) is 2. The summed E-state index contributed by atoms with van der Waals surface area (Å²) in [5.41, 5.74) is 0.591. The molecule has 1 aromatic carbocycles. The van der Waals surface area contributed by atoms with Crippen molar-refractivity contribution < 1.29 is 14.3 Å². The third kappa shape index (κ3) is 4.66. The summed E-state index contributed by atoms with van der Waals surface area (Å²) in [5.74, 6) is 0.0708. The molecule has 3 amide bonds. The highest BCUT2D eigenvalue weighted by molar-refractivity contribution is 6.33. The van der Waals surface area contributed by atoms with Crippen LogP contribution in [0, 0.1) is 0 Å². The van der Waals surface area contributed by atoms with Crippen molar-refractivity contribution in [1.82, 2.24) is 15.1 Å². The van der Waals surface area contributed by atoms with Gasteiger partial charge in [0.2, 0.25) is 5.91 Å². The van der Waals surface area contributed by atoms with Crippen LogP contribution < -0.4 is 10.6 Å². The number of anilines is 1. The molecule has 0 spiro atoms. The Balaban J connectivity index is 1.48. The van der Waals surface area contributed by atoms with Crippen molar-refractivity contribution in [2.45, 2.75) is 31.0 Å². The van der Waals surface area contributed by atoms with Gasteiger partial charge in [-0.2, -0.15) is 0 Å². The van der Waals surface area contributed by atoms with Crippen molar-refractivity contribution in [3.05, 3.63) is 29.3 Å². The number of fused-ring (bicyclic) bond motifs is 1. The molecule has 2 aliphatic heterocycles. The Morgan fingerprint density at radius 1 is 1.31 bits per heavy atom. The first-order valence-corrected chi connectivity index (χ1v) is 9.18. The van der Waals surface area contributed by atoms with Crippen molar-refractivity contribution in [3.8, 4) is 0 Å². The number of amides is 3. The predicted octanol–water partition coefficient (Wildman–Crippen LogP) is 1.78. The summed E-state index contributed by atoms with van der Waals surface area (Å²) in [6.07, 6.45) is 1.14. The molecule has 8 heteroatoms. The fourth-order valence-electron chi connectivity index (χ4n) is 3.45. The van der Waals surface area contributed by atoms with Gasteiger partial charge in [-0.05, 0) is 18.6 Å². The van der Waals surface area contributed by atoms with Crippen LogP contribution in [0.4, 0.5) is 10.5 Å². The third-order valence-electron chi connectivity index (χ3n) is 4.85. The zero-order chi connectivity index (χ0) is 18.7. The van der Waals surface area contributed by atoms with Crippen LogP contribution in [0.15, 0.2) is 24.3 Å². The number of nitrogens with one attached hydrogen (secondary N) is 2. The first-order chi connectivity index (χ1) is 12.4. The first kappa shape index (κ1) is 18.9. The van der Waals surface area contributed by atoms with Crippen LogP contribution in [0.5, 0.6) is 0 Å². The number of carbonyl (C=O) groups is 2. The number of hydrogen-bond acceptors (Lipinski definition) is 4. The molecule has 1 aromatic rings. The molecule has 0 bridgehead atoms. The Labute approximate surface area is 158 Å². The van der Waals surface area contributed by atoms with Gasteiger partial charge in [-0.15, -0.1) is 0 Å². The standard InChI is InChI=1S/C18H25ClN4O3/c1-22(2)17(24)8-14-10-23-9-12(7-13(23)11-26-14)20-18(25)21-16-6-4-3-5-15(16)19/h3-6,12-14H,7-11H2,1-2H3,(H2,20,21,25)/t12-,13-,14-/m0/s1. The molecule has 0 aromatic heterocycles. The van der Waals surface area contributed by atoms with Gasteiger partial charge in [-0.1, -0.05) is 23.7 Å². The molecule has 0 unspecified atom stereocenters. The maximum atomic E-state index is 12.2. The average molecular weight is 381 g/mol. The van der Waals surface area contributed by atoms with Crippen LogP contribution in [-0.2, 0) is 9.53 Å². The molecule has 2 saturated heterocycles. The second-order valence-corrected chi connectivity index (χ2v) is 7.47. The number of ether oxygens (including phenoxy) is 1. The van der Waals surface area contributed by atoms with Gasteiger partial charge in [-0.25, -0.2) is 4.79 Å². The van der Waals surface area contributed by atoms with Crippen molar-refractivity contribution >= 4 is 29.2 Å². The SMILES string of the molecule is CN(C)C(=O)C[C@H]1CN2C[C@@H](NC(=O)Nc3ccccc3Cl)C[C@H]2CO1. The molecule has 26 heavy (non-hydrogen) atoms. The molecular weight excluding hydrogens is 356 g/mol. The number of morpholine rings is 1. The molecule has 7 nitrogen and oxygen atoms in total. The molecule has 0 aliphatic carbocycles. The summed E-state index contributed by atoms with van der Waals surface area (Å²) < 4.78 is 5.84. The first-order valence-electron chi connectivity index (χ1n) is 8.80. The Hall–Kier alpha value is -1.83. The van der Waals surface area contributed by atoms with Gasteiger partial charge in [0.15, 0.2) is 0 Å². The number of para-hydroxylation sites is 1. The maximum Gasteiger partial charge on any atom is 0.319 e. The lowest BCUT2D eigenvalue weighted by Crippen LogP contribution is -2.47. The van der Waals surface area contributed by atoms with E-state index in [9.17, 15) is 9.59 Å². The van der Waals surface area contributed by atoms with Crippen LogP contribution in [0.1, 0.15) is 12.8 Å². The van der Waals surface area contributed by atoms with E-state index in [1.165, 1.54) is 0 Å². The zero-order valence-electron chi connectivity index (χ0n) is 15.1. The largest absolute Gasteiger partial charge is 0.375 e. The average Bonchev–Trinajstić information content (AvgIpc) is 2.98. The van der Waals surface area contributed by atoms with E-state index >= 15 is 0 Å². The molecule has 142 valence electrons. The summed E-state index contributed by atoms with van der Waals surface area (Å²) in [6, 6.07) is 7.21. The van der Waals surface area contributed by atoms with Crippen molar-refractivity contribution in [2.24, 2.45) is 0 Å². The topological polar surface area (TPSA) is 73.9 Å². The third-order valence-corrected chi connectivity index (χ3v) is 5.18. The molecule has 2 heterocycles. The molecular formula is C18H25ClN4O3. The monoisotopic (exact) mass is 380 g/mol. The molecule has 2 aliphatic rings. The predicted molar refractivity (Wildman–Crippen MR) is 100 cm³/mol. The number of urea groups is 1. The normalized spacial score (nSPS) is 25.4. The van der Waals surface area contributed by atoms with Crippen molar-refractivity contribution in [1.29, 1.82) is 0 Å². The number of hydrogen-bond donors (Lipinski definition) is 2. The van der Waals surface area contributed by atoms with Gasteiger partial charge >= 0.3 is 6.03 Å². The highest BCUT2D eigenvalue weighted by Crippen LogP contribution is 2.25. The number of carbonyl (C=O) groups excluding carboxylic acids is 2. The van der Waals surface area contributed by atoms with E-state index in [0.717, 1.165) is 13.0 Å². The van der Waals surface area contributed by atoms with Crippen LogP contribution >= 0.6 is 11.6 Å². The lowest BCUT2D eigenvalue weighted by atomic mass is 10.1. The number of benzene rings is 1. The summed E-state index contributed by atoms with van der Waals surface area (Å²) >= 11 is 6.07. The highest BCUT2D eigenvalue weighted by Gasteiger charge is 2.38. The van der Waals surface area contributed by atoms with Gasteiger partial charge < -0.3 is 20.3 Å². The van der Waals surface area contributed by atoms with Crippen LogP contribution in [0.25, 0.3) is 0 Å². The van der Waals surface area contributed by atoms with Crippen LogP contribution in [-0.4, -0.2) is 73.7 Å². The summed E-state index contributed by atoms with van der Waals surface area (Å²) in [5, 5.41) is 6.30. The summed E-state index contributed by atoms with van der Waals surface area (Å²) in [4.78, 5) is 28.0. The van der Waals surface area contributed by atoms with E-state index in [-0.39, 0.29) is 30.1 Å². The minimum Gasteiger partial charge on any atom is -0.375 e. The Bertz CT molecular complexity index is 670. The molecule has 2 N–H and O–H groups in total. The Morgan fingerprint density at radius 2 is 2.08 bits per heavy atom. The van der Waals surface area contributed by atoms with Crippen molar-refractivity contribution in [2.75, 3.05) is 39.1 Å². The van der Waals surface area contributed by atoms with E-state index < -0.39 is 0 Å². The summed E-state index contributed by atoms with van der Waals surface area (Å²) in [7, 11) is 3.50. The fourth-order valence-corrected chi connectivity index (χ4v) is 3.64. The quantitative estimate of drug-likeness (QED) is 0.835. The second-order valence-electron chi connectivity index (χ2n) is 7.07. The highest BCUT2D eigenvalue weighted by atomic mass is 35.5. The number of halogens is 1. The molecule has 3 rings (SSSR count). The maximum absolute atomic E-state index is 12.2. The number of rotatable bonds is 4. The van der Waals surface area contributed by atoms with Gasteiger partial charge in [0, 0.05) is 39.3 Å². The van der Waals surface area contributed by atoms with Gasteiger partial charge in [0.1, 0.15) is 0 Å². The van der Waals surface area contributed by atoms with E-state index in [2.05, 4.69) is 15.5 Å². The van der Waals surface area contributed by atoms with E-state index in [1.54, 1.807) is 31.1 Å². The van der Waals surface area contributed by atoms with Gasteiger partial charge in [-0.3, -0.25) is 9.69 Å². The van der Waals surface area contributed by atoms with Gasteiger partial charge in [0.25, 0.3) is 0 Å². The van der Waals surface area contributed by atoms with E-state index in [1.807, 2.05) is 12.1 Å². The molecule has 3 atom stereocenters. The lowest BCUT2D eigenvalue weighted by Gasteiger charge is -2.35. The smallest absolute Gasteiger partial charge is 0.319 e. The minimum absolute atomic E-state index is 0.0504. The molecule has 0 saturated carbocycles. The Kier molecular flexibility index (Phi) is 6.01. The van der Waals surface area contributed by atoms with E-state index in [0.29, 0.717) is 30.3 Å². The minimum atomic E-state index is -0.261. The zero-order valence-corrected chi connectivity index (χ0v) is 15.8. The van der Waals surface area contributed by atoms with Crippen LogP contribution in [0.2, 0.25) is 5.02 Å². The van der Waals surface area contributed by atoms with Crippen molar-refractivity contribution in [3.63, 3.8) is 0 Å². The van der Waals surface area contributed by atoms with Crippen LogP contribution in [0.3, 0.4) is 0 Å². The Morgan fingerprint density at radius 3 is 2.81 bits per heavy atom. The lowest BCUT2D eigenvalue weighted by molar-refractivity contribution is -0.134. The fraction of sp³-hybridized carbons (Fsp3) is 0.556. The molecule has 0 radical (unpaired) electrons.